The molecule has 1 aliphatic carbocycles. The van der Waals surface area contributed by atoms with E-state index in [1.807, 2.05) is 23.6 Å². The molecule has 154 valence electrons. The lowest BCUT2D eigenvalue weighted by Gasteiger charge is -2.18. The van der Waals surface area contributed by atoms with Crippen molar-refractivity contribution in [2.45, 2.75) is 64.5 Å². The lowest BCUT2D eigenvalue weighted by atomic mass is 10.1. The Balaban J connectivity index is 1.53. The summed E-state index contributed by atoms with van der Waals surface area (Å²) in [6.45, 7) is 3.25. The molecular weight excluding hydrogens is 368 g/mol. The standard InChI is InChI=1S/C22H28N4O3/c1-2-29-17-12-10-16(11-13-17)23-21(27)19-18-9-5-6-14-26(18)20(25-19)22(28)24-15-7-3-4-8-15/h10-13,15H,2-9,14H2,1H3,(H,23,27)(H,24,28). The fraction of sp³-hybridized carbons (Fsp3) is 0.500. The van der Waals surface area contributed by atoms with Crippen molar-refractivity contribution in [2.24, 2.45) is 0 Å². The summed E-state index contributed by atoms with van der Waals surface area (Å²) in [6, 6.07) is 7.48. The lowest BCUT2D eigenvalue weighted by Crippen LogP contribution is -2.35. The summed E-state index contributed by atoms with van der Waals surface area (Å²) in [5.41, 5.74) is 1.89. The number of anilines is 1. The number of fused-ring (bicyclic) bond motifs is 1. The number of nitrogens with one attached hydrogen (secondary N) is 2. The zero-order chi connectivity index (χ0) is 20.2. The summed E-state index contributed by atoms with van der Waals surface area (Å²) in [4.78, 5) is 30.2. The lowest BCUT2D eigenvalue weighted by molar-refractivity contribution is 0.0921. The van der Waals surface area contributed by atoms with Crippen molar-refractivity contribution < 1.29 is 14.3 Å². The molecule has 29 heavy (non-hydrogen) atoms. The largest absolute Gasteiger partial charge is 0.494 e. The molecule has 2 aromatic rings. The first-order valence-electron chi connectivity index (χ1n) is 10.6. The van der Waals surface area contributed by atoms with Crippen LogP contribution in [0, 0.1) is 0 Å². The van der Waals surface area contributed by atoms with Gasteiger partial charge in [-0.2, -0.15) is 0 Å². The topological polar surface area (TPSA) is 85.2 Å². The van der Waals surface area contributed by atoms with Crippen LogP contribution in [-0.4, -0.2) is 34.0 Å². The van der Waals surface area contributed by atoms with Gasteiger partial charge in [-0.25, -0.2) is 4.98 Å². The van der Waals surface area contributed by atoms with Crippen molar-refractivity contribution in [3.63, 3.8) is 0 Å². The summed E-state index contributed by atoms with van der Waals surface area (Å²) in [7, 11) is 0. The molecule has 7 nitrogen and oxygen atoms in total. The van der Waals surface area contributed by atoms with E-state index in [0.717, 1.165) is 62.9 Å². The van der Waals surface area contributed by atoms with Crippen LogP contribution >= 0.6 is 0 Å². The molecule has 7 heteroatoms. The van der Waals surface area contributed by atoms with Crippen molar-refractivity contribution in [1.29, 1.82) is 0 Å². The van der Waals surface area contributed by atoms with E-state index in [4.69, 9.17) is 4.74 Å². The van der Waals surface area contributed by atoms with Crippen LogP contribution in [0.5, 0.6) is 5.75 Å². The van der Waals surface area contributed by atoms with Crippen LogP contribution in [0.2, 0.25) is 0 Å². The molecule has 2 heterocycles. The number of nitrogens with zero attached hydrogens (tertiary/aromatic N) is 2. The van der Waals surface area contributed by atoms with Crippen LogP contribution in [0.3, 0.4) is 0 Å². The molecule has 2 N–H and O–H groups in total. The van der Waals surface area contributed by atoms with Gasteiger partial charge in [0.25, 0.3) is 11.8 Å². The van der Waals surface area contributed by atoms with Gasteiger partial charge in [0.2, 0.25) is 0 Å². The highest BCUT2D eigenvalue weighted by Crippen LogP contribution is 2.24. The van der Waals surface area contributed by atoms with Crippen molar-refractivity contribution in [1.82, 2.24) is 14.9 Å². The zero-order valence-electron chi connectivity index (χ0n) is 16.9. The Hall–Kier alpha value is -2.83. The first-order chi connectivity index (χ1) is 14.2. The number of aromatic nitrogens is 2. The summed E-state index contributed by atoms with van der Waals surface area (Å²) in [5, 5.41) is 6.00. The fourth-order valence-electron chi connectivity index (χ4n) is 4.21. The van der Waals surface area contributed by atoms with E-state index in [-0.39, 0.29) is 17.9 Å². The first kappa shape index (κ1) is 19.5. The van der Waals surface area contributed by atoms with Gasteiger partial charge in [0.15, 0.2) is 11.5 Å². The Morgan fingerprint density at radius 3 is 2.59 bits per heavy atom. The fourth-order valence-corrected chi connectivity index (χ4v) is 4.21. The number of carbonyl (C=O) groups excluding carboxylic acids is 2. The molecule has 2 amide bonds. The van der Waals surface area contributed by atoms with Crippen LogP contribution < -0.4 is 15.4 Å². The van der Waals surface area contributed by atoms with Gasteiger partial charge in [0.05, 0.1) is 12.3 Å². The number of amides is 2. The first-order valence-corrected chi connectivity index (χ1v) is 10.6. The maximum Gasteiger partial charge on any atom is 0.287 e. The van der Waals surface area contributed by atoms with Gasteiger partial charge in [0, 0.05) is 18.3 Å². The van der Waals surface area contributed by atoms with Crippen LogP contribution in [0.4, 0.5) is 5.69 Å². The SMILES string of the molecule is CCOc1ccc(NC(=O)c2nc(C(=O)NC3CCCC3)n3c2CCCC3)cc1. The van der Waals surface area contributed by atoms with E-state index in [2.05, 4.69) is 15.6 Å². The highest BCUT2D eigenvalue weighted by atomic mass is 16.5. The van der Waals surface area contributed by atoms with E-state index in [1.54, 1.807) is 12.1 Å². The van der Waals surface area contributed by atoms with Gasteiger partial charge in [-0.15, -0.1) is 0 Å². The van der Waals surface area contributed by atoms with Crippen molar-refractivity contribution in [2.75, 3.05) is 11.9 Å². The molecule has 1 aliphatic heterocycles. The summed E-state index contributed by atoms with van der Waals surface area (Å²) < 4.78 is 7.37. The average Bonchev–Trinajstić information content (AvgIpc) is 3.37. The molecule has 1 aromatic carbocycles. The summed E-state index contributed by atoms with van der Waals surface area (Å²) in [6.07, 6.45) is 7.09. The molecule has 1 saturated carbocycles. The smallest absolute Gasteiger partial charge is 0.287 e. The number of carbonyl (C=O) groups is 2. The second kappa shape index (κ2) is 8.68. The van der Waals surface area contributed by atoms with Crippen LogP contribution in [0.25, 0.3) is 0 Å². The molecule has 0 unspecified atom stereocenters. The minimum absolute atomic E-state index is 0.167. The van der Waals surface area contributed by atoms with Gasteiger partial charge in [-0.3, -0.25) is 9.59 Å². The Kier molecular flexibility index (Phi) is 5.83. The van der Waals surface area contributed by atoms with Crippen molar-refractivity contribution in [3.05, 3.63) is 41.5 Å². The normalized spacial score (nSPS) is 16.3. The Labute approximate surface area is 170 Å². The van der Waals surface area contributed by atoms with Gasteiger partial charge in [0.1, 0.15) is 5.75 Å². The average molecular weight is 396 g/mol. The maximum absolute atomic E-state index is 12.9. The van der Waals surface area contributed by atoms with E-state index < -0.39 is 0 Å². The molecule has 2 aliphatic rings. The molecule has 4 rings (SSSR count). The monoisotopic (exact) mass is 396 g/mol. The maximum atomic E-state index is 12.9. The third-order valence-electron chi connectivity index (χ3n) is 5.65. The van der Waals surface area contributed by atoms with Crippen LogP contribution in [-0.2, 0) is 13.0 Å². The molecular formula is C22H28N4O3. The van der Waals surface area contributed by atoms with Gasteiger partial charge in [-0.1, -0.05) is 12.8 Å². The van der Waals surface area contributed by atoms with Gasteiger partial charge < -0.3 is 19.9 Å². The van der Waals surface area contributed by atoms with Gasteiger partial charge >= 0.3 is 0 Å². The third-order valence-corrected chi connectivity index (χ3v) is 5.65. The highest BCUT2D eigenvalue weighted by molar-refractivity contribution is 6.05. The van der Waals surface area contributed by atoms with E-state index >= 15 is 0 Å². The Morgan fingerprint density at radius 1 is 1.10 bits per heavy atom. The number of hydrogen-bond acceptors (Lipinski definition) is 4. The molecule has 0 saturated heterocycles. The zero-order valence-corrected chi connectivity index (χ0v) is 16.9. The second-order valence-corrected chi connectivity index (χ2v) is 7.71. The molecule has 0 radical (unpaired) electrons. The van der Waals surface area contributed by atoms with E-state index in [9.17, 15) is 9.59 Å². The van der Waals surface area contributed by atoms with Crippen LogP contribution in [0.15, 0.2) is 24.3 Å². The number of ether oxygens (including phenoxy) is 1. The summed E-state index contributed by atoms with van der Waals surface area (Å²) in [5.74, 6) is 0.680. The number of rotatable bonds is 6. The minimum Gasteiger partial charge on any atom is -0.494 e. The second-order valence-electron chi connectivity index (χ2n) is 7.71. The quantitative estimate of drug-likeness (QED) is 0.782. The van der Waals surface area contributed by atoms with E-state index in [1.165, 1.54) is 0 Å². The Morgan fingerprint density at radius 2 is 1.86 bits per heavy atom. The highest BCUT2D eigenvalue weighted by Gasteiger charge is 2.29. The predicted molar refractivity (Wildman–Crippen MR) is 110 cm³/mol. The number of hydrogen-bond donors (Lipinski definition) is 2. The molecule has 0 atom stereocenters. The van der Waals surface area contributed by atoms with Crippen LogP contribution in [0.1, 0.15) is 72.3 Å². The number of imidazole rings is 1. The third kappa shape index (κ3) is 4.28. The molecule has 0 bridgehead atoms. The minimum atomic E-state index is -0.278. The Bertz CT molecular complexity index is 882. The number of benzene rings is 1. The van der Waals surface area contributed by atoms with Gasteiger partial charge in [-0.05, 0) is 63.3 Å². The predicted octanol–water partition coefficient (Wildman–Crippen LogP) is 3.54. The summed E-state index contributed by atoms with van der Waals surface area (Å²) >= 11 is 0. The van der Waals surface area contributed by atoms with E-state index in [0.29, 0.717) is 23.8 Å². The molecule has 1 fully saturated rings. The van der Waals surface area contributed by atoms with Crippen molar-refractivity contribution >= 4 is 17.5 Å². The molecule has 0 spiro atoms. The van der Waals surface area contributed by atoms with Crippen molar-refractivity contribution in [3.8, 4) is 5.75 Å². The molecule has 1 aromatic heterocycles.